The van der Waals surface area contributed by atoms with Gasteiger partial charge in [-0.25, -0.2) is 4.79 Å². The molecule has 120 valence electrons. The van der Waals surface area contributed by atoms with E-state index in [-0.39, 0.29) is 19.6 Å². The van der Waals surface area contributed by atoms with Crippen LogP contribution in [0.5, 0.6) is 5.75 Å². The second-order valence-electron chi connectivity index (χ2n) is 4.42. The first kappa shape index (κ1) is 18.2. The van der Waals surface area contributed by atoms with Crippen molar-refractivity contribution in [3.8, 4) is 5.75 Å². The predicted octanol–water partition coefficient (Wildman–Crippen LogP) is 1.77. The molecule has 0 bridgehead atoms. The van der Waals surface area contributed by atoms with Gasteiger partial charge in [-0.15, -0.1) is 6.58 Å². The highest BCUT2D eigenvalue weighted by Gasteiger charge is 2.20. The number of hydrogen-bond acceptors (Lipinski definition) is 4. The highest BCUT2D eigenvalue weighted by Crippen LogP contribution is 2.23. The van der Waals surface area contributed by atoms with E-state index in [2.05, 4.69) is 27.8 Å². The summed E-state index contributed by atoms with van der Waals surface area (Å²) in [4.78, 5) is 23.1. The molecule has 0 aliphatic carbocycles. The average Bonchev–Trinajstić information content (AvgIpc) is 2.46. The van der Waals surface area contributed by atoms with Crippen LogP contribution in [0.3, 0.4) is 0 Å². The summed E-state index contributed by atoms with van der Waals surface area (Å²) in [6.45, 7) is 3.57. The minimum Gasteiger partial charge on any atom is -0.496 e. The van der Waals surface area contributed by atoms with Crippen LogP contribution in [0.4, 0.5) is 0 Å². The predicted molar refractivity (Wildman–Crippen MR) is 85.0 cm³/mol. The first-order valence-corrected chi connectivity index (χ1v) is 7.30. The lowest BCUT2D eigenvalue weighted by molar-refractivity contribution is -0.143. The van der Waals surface area contributed by atoms with Crippen molar-refractivity contribution in [2.24, 2.45) is 0 Å². The van der Waals surface area contributed by atoms with Gasteiger partial charge in [-0.1, -0.05) is 22.0 Å². The van der Waals surface area contributed by atoms with Gasteiger partial charge in [0.15, 0.2) is 6.04 Å². The fraction of sp³-hybridized carbons (Fsp3) is 0.333. The van der Waals surface area contributed by atoms with E-state index < -0.39 is 17.9 Å². The minimum absolute atomic E-state index is 0.00779. The topological polar surface area (TPSA) is 84.9 Å². The molecule has 0 spiro atoms. The van der Waals surface area contributed by atoms with Gasteiger partial charge in [0.2, 0.25) is 5.91 Å². The van der Waals surface area contributed by atoms with Crippen molar-refractivity contribution >= 4 is 27.8 Å². The van der Waals surface area contributed by atoms with E-state index >= 15 is 0 Å². The Hall–Kier alpha value is -1.86. The van der Waals surface area contributed by atoms with Crippen LogP contribution < -0.4 is 10.1 Å². The first-order chi connectivity index (χ1) is 10.5. The number of benzene rings is 1. The van der Waals surface area contributed by atoms with E-state index in [4.69, 9.17) is 14.6 Å². The third kappa shape index (κ3) is 5.87. The Kier molecular flexibility index (Phi) is 7.62. The third-order valence-electron chi connectivity index (χ3n) is 2.75. The van der Waals surface area contributed by atoms with Crippen LogP contribution in [-0.4, -0.2) is 43.3 Å². The van der Waals surface area contributed by atoms with Gasteiger partial charge in [-0.2, -0.15) is 0 Å². The van der Waals surface area contributed by atoms with Crippen molar-refractivity contribution in [3.63, 3.8) is 0 Å². The summed E-state index contributed by atoms with van der Waals surface area (Å²) in [5, 5.41) is 11.5. The second-order valence-corrected chi connectivity index (χ2v) is 5.33. The number of halogens is 1. The largest absolute Gasteiger partial charge is 0.496 e. The Labute approximate surface area is 137 Å². The van der Waals surface area contributed by atoms with E-state index in [1.54, 1.807) is 18.2 Å². The van der Waals surface area contributed by atoms with E-state index in [1.807, 2.05) is 0 Å². The number of nitrogens with one attached hydrogen (secondary N) is 1. The molecule has 0 heterocycles. The van der Waals surface area contributed by atoms with Crippen LogP contribution in [0.25, 0.3) is 0 Å². The summed E-state index contributed by atoms with van der Waals surface area (Å²) in [7, 11) is 1.51. The standard InChI is InChI=1S/C15H18BrNO5/c1-3-6-22-9-12(15(19)20)17-14(18)8-10-7-11(16)4-5-13(10)21-2/h3-5,7,12H,1,6,8-9H2,2H3,(H,17,18)(H,19,20). The maximum Gasteiger partial charge on any atom is 0.328 e. The molecule has 1 unspecified atom stereocenters. The summed E-state index contributed by atoms with van der Waals surface area (Å²) in [6.07, 6.45) is 1.51. The molecule has 0 radical (unpaired) electrons. The van der Waals surface area contributed by atoms with Crippen LogP contribution in [0, 0.1) is 0 Å². The van der Waals surface area contributed by atoms with Crippen molar-refractivity contribution in [1.29, 1.82) is 0 Å². The Morgan fingerprint density at radius 2 is 2.23 bits per heavy atom. The van der Waals surface area contributed by atoms with Crippen LogP contribution in [0.15, 0.2) is 35.3 Å². The van der Waals surface area contributed by atoms with Crippen LogP contribution in [0.1, 0.15) is 5.56 Å². The number of amides is 1. The molecule has 7 heteroatoms. The summed E-state index contributed by atoms with van der Waals surface area (Å²) in [5.74, 6) is -1.02. The Balaban J connectivity index is 2.69. The van der Waals surface area contributed by atoms with Gasteiger partial charge < -0.3 is 19.9 Å². The van der Waals surface area contributed by atoms with E-state index in [9.17, 15) is 9.59 Å². The smallest absolute Gasteiger partial charge is 0.328 e. The summed E-state index contributed by atoms with van der Waals surface area (Å²) >= 11 is 3.32. The van der Waals surface area contributed by atoms with E-state index in [0.29, 0.717) is 11.3 Å². The molecule has 6 nitrogen and oxygen atoms in total. The summed E-state index contributed by atoms with van der Waals surface area (Å²) < 4.78 is 11.1. The van der Waals surface area contributed by atoms with Gasteiger partial charge in [0.05, 0.1) is 26.7 Å². The number of rotatable bonds is 9. The first-order valence-electron chi connectivity index (χ1n) is 6.51. The molecule has 1 aromatic rings. The fourth-order valence-corrected chi connectivity index (χ4v) is 2.16. The number of carboxylic acid groups (broad SMARTS) is 1. The maximum atomic E-state index is 12.0. The molecule has 0 saturated heterocycles. The van der Waals surface area contributed by atoms with E-state index in [1.165, 1.54) is 13.2 Å². The van der Waals surface area contributed by atoms with Crippen LogP contribution in [-0.2, 0) is 20.7 Å². The fourth-order valence-electron chi connectivity index (χ4n) is 1.75. The number of carboxylic acids is 1. The molecule has 2 N–H and O–H groups in total. The third-order valence-corrected chi connectivity index (χ3v) is 3.24. The van der Waals surface area contributed by atoms with Gasteiger partial charge in [-0.3, -0.25) is 4.79 Å². The lowest BCUT2D eigenvalue weighted by atomic mass is 10.1. The molecular weight excluding hydrogens is 354 g/mol. The molecule has 1 atom stereocenters. The van der Waals surface area contributed by atoms with Gasteiger partial charge in [0, 0.05) is 10.0 Å². The Morgan fingerprint density at radius 3 is 2.82 bits per heavy atom. The Morgan fingerprint density at radius 1 is 1.50 bits per heavy atom. The SMILES string of the molecule is C=CCOCC(NC(=O)Cc1cc(Br)ccc1OC)C(=O)O. The molecule has 22 heavy (non-hydrogen) atoms. The van der Waals surface area contributed by atoms with E-state index in [0.717, 1.165) is 4.47 Å². The second kappa shape index (κ2) is 9.22. The molecular formula is C15H18BrNO5. The lowest BCUT2D eigenvalue weighted by Gasteiger charge is -2.15. The molecule has 1 amide bonds. The quantitative estimate of drug-likeness (QED) is 0.510. The Bertz CT molecular complexity index is 547. The number of aliphatic carboxylic acids is 1. The number of methoxy groups -OCH3 is 1. The van der Waals surface area contributed by atoms with Crippen molar-refractivity contribution < 1.29 is 24.2 Å². The van der Waals surface area contributed by atoms with Crippen molar-refractivity contribution in [2.75, 3.05) is 20.3 Å². The molecule has 0 aromatic heterocycles. The molecule has 0 fully saturated rings. The molecule has 0 aliphatic heterocycles. The molecule has 0 saturated carbocycles. The molecule has 0 aliphatic rings. The van der Waals surface area contributed by atoms with Gasteiger partial charge in [-0.05, 0) is 18.2 Å². The average molecular weight is 372 g/mol. The molecule has 1 rings (SSSR count). The number of carbonyl (C=O) groups is 2. The lowest BCUT2D eigenvalue weighted by Crippen LogP contribution is -2.44. The van der Waals surface area contributed by atoms with Crippen molar-refractivity contribution in [1.82, 2.24) is 5.32 Å². The number of ether oxygens (including phenoxy) is 2. The molecule has 1 aromatic carbocycles. The van der Waals surface area contributed by atoms with Crippen LogP contribution in [0.2, 0.25) is 0 Å². The van der Waals surface area contributed by atoms with Gasteiger partial charge in [0.1, 0.15) is 5.75 Å². The number of hydrogen-bond donors (Lipinski definition) is 2. The maximum absolute atomic E-state index is 12.0. The highest BCUT2D eigenvalue weighted by molar-refractivity contribution is 9.10. The summed E-state index contributed by atoms with van der Waals surface area (Å²) in [5.41, 5.74) is 0.658. The zero-order chi connectivity index (χ0) is 16.5. The summed E-state index contributed by atoms with van der Waals surface area (Å²) in [6, 6.07) is 4.17. The monoisotopic (exact) mass is 371 g/mol. The van der Waals surface area contributed by atoms with Crippen LogP contribution >= 0.6 is 15.9 Å². The van der Waals surface area contributed by atoms with Crippen molar-refractivity contribution in [3.05, 3.63) is 40.9 Å². The minimum atomic E-state index is -1.15. The van der Waals surface area contributed by atoms with Crippen molar-refractivity contribution in [2.45, 2.75) is 12.5 Å². The normalized spacial score (nSPS) is 11.5. The highest BCUT2D eigenvalue weighted by atomic mass is 79.9. The zero-order valence-corrected chi connectivity index (χ0v) is 13.8. The van der Waals surface area contributed by atoms with Gasteiger partial charge in [0.25, 0.3) is 0 Å². The zero-order valence-electron chi connectivity index (χ0n) is 12.2. The number of carbonyl (C=O) groups excluding carboxylic acids is 1. The van der Waals surface area contributed by atoms with Gasteiger partial charge >= 0.3 is 5.97 Å².